The van der Waals surface area contributed by atoms with Gasteiger partial charge in [-0.1, -0.05) is 48.0 Å². The van der Waals surface area contributed by atoms with Crippen LogP contribution in [0.3, 0.4) is 0 Å². The van der Waals surface area contributed by atoms with Gasteiger partial charge in [0.05, 0.1) is 11.5 Å². The molecule has 1 fully saturated rings. The molecule has 0 aliphatic carbocycles. The van der Waals surface area contributed by atoms with E-state index in [1.165, 1.54) is 12.1 Å². The van der Waals surface area contributed by atoms with Crippen molar-refractivity contribution >= 4 is 9.84 Å². The molecule has 2 aliphatic heterocycles. The van der Waals surface area contributed by atoms with E-state index in [-0.39, 0.29) is 16.4 Å². The molecule has 4 atom stereocenters. The number of ether oxygens (including phenoxy) is 3. The van der Waals surface area contributed by atoms with Gasteiger partial charge in [0.1, 0.15) is 23.4 Å². The number of aliphatic hydroxyl groups is 1. The number of aryl methyl sites for hydroxylation is 1. The highest BCUT2D eigenvalue weighted by Crippen LogP contribution is 2.36. The second-order valence-electron chi connectivity index (χ2n) is 6.63. The molecule has 1 saturated heterocycles. The normalized spacial score (nSPS) is 28.0. The van der Waals surface area contributed by atoms with E-state index in [9.17, 15) is 13.5 Å². The van der Waals surface area contributed by atoms with Gasteiger partial charge in [0.15, 0.2) is 12.4 Å². The molecule has 1 N–H and O–H groups in total. The highest BCUT2D eigenvalue weighted by Gasteiger charge is 2.46. The standard InChI is InChI=1S/C20H20O6S/c1-13-7-9-15(10-8-13)27(22,23)17-12-24-16-11-25-20(26-19(16)18(17)21)14-5-3-2-4-6-14/h2-10,12,16,18-21H,11H2,1H3/t16-,18-,19-,20?/m1/s1. The summed E-state index contributed by atoms with van der Waals surface area (Å²) in [6.07, 6.45) is -2.34. The van der Waals surface area contributed by atoms with E-state index in [1.54, 1.807) is 12.1 Å². The molecule has 2 aliphatic rings. The van der Waals surface area contributed by atoms with Crippen molar-refractivity contribution in [2.24, 2.45) is 0 Å². The van der Waals surface area contributed by atoms with Crippen LogP contribution in [0.25, 0.3) is 0 Å². The van der Waals surface area contributed by atoms with Crippen molar-refractivity contribution < 1.29 is 27.7 Å². The third kappa shape index (κ3) is 3.39. The summed E-state index contributed by atoms with van der Waals surface area (Å²) in [6, 6.07) is 15.7. The third-order valence-electron chi connectivity index (χ3n) is 4.73. The summed E-state index contributed by atoms with van der Waals surface area (Å²) in [6.45, 7) is 2.06. The molecule has 0 aromatic heterocycles. The van der Waals surface area contributed by atoms with Crippen LogP contribution >= 0.6 is 0 Å². The van der Waals surface area contributed by atoms with Crippen LogP contribution in [0.2, 0.25) is 0 Å². The van der Waals surface area contributed by atoms with Crippen molar-refractivity contribution in [3.63, 3.8) is 0 Å². The van der Waals surface area contributed by atoms with Gasteiger partial charge in [-0.05, 0) is 19.1 Å². The predicted octanol–water partition coefficient (Wildman–Crippen LogP) is 2.48. The SMILES string of the molecule is Cc1ccc(S(=O)(=O)C2=CO[C@@H]3COC(c4ccccc4)O[C@H]3[C@@H]2O)cc1. The van der Waals surface area contributed by atoms with E-state index < -0.39 is 34.4 Å². The Balaban J connectivity index is 1.60. The Kier molecular flexibility index (Phi) is 4.77. The number of benzene rings is 2. The van der Waals surface area contributed by atoms with Gasteiger partial charge in [-0.25, -0.2) is 8.42 Å². The molecule has 6 nitrogen and oxygen atoms in total. The van der Waals surface area contributed by atoms with Crippen LogP contribution in [0.4, 0.5) is 0 Å². The molecular weight excluding hydrogens is 368 g/mol. The first-order valence-electron chi connectivity index (χ1n) is 8.64. The number of rotatable bonds is 3. The monoisotopic (exact) mass is 388 g/mol. The molecule has 0 spiro atoms. The smallest absolute Gasteiger partial charge is 0.208 e. The summed E-state index contributed by atoms with van der Waals surface area (Å²) in [5.41, 5.74) is 1.74. The Morgan fingerprint density at radius 1 is 1.04 bits per heavy atom. The van der Waals surface area contributed by atoms with Crippen LogP contribution in [0.15, 0.2) is 70.7 Å². The maximum absolute atomic E-state index is 12.9. The second kappa shape index (κ2) is 7.09. The Morgan fingerprint density at radius 2 is 1.74 bits per heavy atom. The Morgan fingerprint density at radius 3 is 2.44 bits per heavy atom. The lowest BCUT2D eigenvalue weighted by Gasteiger charge is -2.41. The number of fused-ring (bicyclic) bond motifs is 1. The molecule has 0 radical (unpaired) electrons. The van der Waals surface area contributed by atoms with Crippen LogP contribution < -0.4 is 0 Å². The quantitative estimate of drug-likeness (QED) is 0.870. The lowest BCUT2D eigenvalue weighted by atomic mass is 10.0. The van der Waals surface area contributed by atoms with E-state index in [0.717, 1.165) is 17.4 Å². The van der Waals surface area contributed by atoms with Gasteiger partial charge >= 0.3 is 0 Å². The zero-order valence-corrected chi connectivity index (χ0v) is 15.5. The zero-order valence-electron chi connectivity index (χ0n) is 14.7. The van der Waals surface area contributed by atoms with Crippen molar-refractivity contribution in [2.45, 2.75) is 36.4 Å². The largest absolute Gasteiger partial charge is 0.492 e. The van der Waals surface area contributed by atoms with Crippen LogP contribution in [0, 0.1) is 6.92 Å². The minimum absolute atomic E-state index is 0.104. The predicted molar refractivity (Wildman–Crippen MR) is 97.3 cm³/mol. The van der Waals surface area contributed by atoms with Gasteiger partial charge in [0.2, 0.25) is 9.84 Å². The van der Waals surface area contributed by atoms with Crippen LogP contribution in [0.1, 0.15) is 17.4 Å². The lowest BCUT2D eigenvalue weighted by Crippen LogP contribution is -2.51. The fourth-order valence-corrected chi connectivity index (χ4v) is 4.59. The van der Waals surface area contributed by atoms with Crippen molar-refractivity contribution in [2.75, 3.05) is 6.61 Å². The first kappa shape index (κ1) is 18.2. The Hall–Kier alpha value is -2.19. The zero-order chi connectivity index (χ0) is 19.0. The van der Waals surface area contributed by atoms with Crippen molar-refractivity contribution in [3.05, 3.63) is 76.9 Å². The molecule has 27 heavy (non-hydrogen) atoms. The van der Waals surface area contributed by atoms with Gasteiger partial charge in [-0.2, -0.15) is 0 Å². The molecule has 4 rings (SSSR count). The molecule has 2 aromatic carbocycles. The Labute approximate surface area is 157 Å². The molecule has 0 saturated carbocycles. The van der Waals surface area contributed by atoms with Gasteiger partial charge in [-0.3, -0.25) is 0 Å². The van der Waals surface area contributed by atoms with E-state index in [1.807, 2.05) is 37.3 Å². The average Bonchev–Trinajstić information content (AvgIpc) is 2.69. The average molecular weight is 388 g/mol. The van der Waals surface area contributed by atoms with E-state index in [0.29, 0.717) is 0 Å². The first-order valence-corrected chi connectivity index (χ1v) is 10.1. The topological polar surface area (TPSA) is 82.1 Å². The number of hydrogen-bond acceptors (Lipinski definition) is 6. The van der Waals surface area contributed by atoms with Crippen LogP contribution in [-0.4, -0.2) is 38.4 Å². The summed E-state index contributed by atoms with van der Waals surface area (Å²) in [7, 11) is -3.90. The molecule has 1 unspecified atom stereocenters. The summed E-state index contributed by atoms with van der Waals surface area (Å²) in [5, 5.41) is 10.8. The molecular formula is C20H20O6S. The number of sulfone groups is 1. The summed E-state index contributed by atoms with van der Waals surface area (Å²) in [5.74, 6) is 0. The molecule has 0 bridgehead atoms. The minimum Gasteiger partial charge on any atom is -0.492 e. The fraction of sp³-hybridized carbons (Fsp3) is 0.300. The molecule has 0 amide bonds. The molecule has 7 heteroatoms. The third-order valence-corrected chi connectivity index (χ3v) is 6.59. The maximum atomic E-state index is 12.9. The van der Waals surface area contributed by atoms with Crippen molar-refractivity contribution in [1.82, 2.24) is 0 Å². The summed E-state index contributed by atoms with van der Waals surface area (Å²) in [4.78, 5) is -0.103. The summed E-state index contributed by atoms with van der Waals surface area (Å²) < 4.78 is 42.9. The summed E-state index contributed by atoms with van der Waals surface area (Å²) >= 11 is 0. The van der Waals surface area contributed by atoms with E-state index >= 15 is 0 Å². The number of hydrogen-bond donors (Lipinski definition) is 1. The minimum atomic E-state index is -3.90. The first-order chi connectivity index (χ1) is 13.0. The van der Waals surface area contributed by atoms with E-state index in [4.69, 9.17) is 14.2 Å². The second-order valence-corrected chi connectivity index (χ2v) is 8.58. The van der Waals surface area contributed by atoms with Gasteiger partial charge in [0, 0.05) is 5.56 Å². The molecule has 2 aromatic rings. The highest BCUT2D eigenvalue weighted by atomic mass is 32.2. The fourth-order valence-electron chi connectivity index (χ4n) is 3.19. The van der Waals surface area contributed by atoms with Crippen LogP contribution in [0.5, 0.6) is 0 Å². The molecule has 142 valence electrons. The maximum Gasteiger partial charge on any atom is 0.208 e. The van der Waals surface area contributed by atoms with E-state index in [2.05, 4.69) is 0 Å². The van der Waals surface area contributed by atoms with Gasteiger partial charge < -0.3 is 19.3 Å². The molecule has 2 heterocycles. The van der Waals surface area contributed by atoms with Gasteiger partial charge in [-0.15, -0.1) is 0 Å². The van der Waals surface area contributed by atoms with Crippen molar-refractivity contribution in [1.29, 1.82) is 0 Å². The number of aliphatic hydroxyl groups excluding tert-OH is 1. The van der Waals surface area contributed by atoms with Gasteiger partial charge in [0.25, 0.3) is 0 Å². The van der Waals surface area contributed by atoms with Crippen LogP contribution in [-0.2, 0) is 24.0 Å². The van der Waals surface area contributed by atoms with Crippen molar-refractivity contribution in [3.8, 4) is 0 Å². The Bertz CT molecular complexity index is 936. The lowest BCUT2D eigenvalue weighted by molar-refractivity contribution is -0.277. The highest BCUT2D eigenvalue weighted by molar-refractivity contribution is 7.95.